The van der Waals surface area contributed by atoms with Crippen LogP contribution in [0.2, 0.25) is 0 Å². The van der Waals surface area contributed by atoms with Gasteiger partial charge in [-0.25, -0.2) is 0 Å². The van der Waals surface area contributed by atoms with Gasteiger partial charge in [0.05, 0.1) is 11.0 Å². The van der Waals surface area contributed by atoms with Crippen LogP contribution in [-0.2, 0) is 0 Å². The molecule has 7 aromatic rings. The highest BCUT2D eigenvalue weighted by molar-refractivity contribution is 6.09. The lowest BCUT2D eigenvalue weighted by atomic mass is 10.0. The van der Waals surface area contributed by atoms with E-state index in [-0.39, 0.29) is 0 Å². The predicted octanol–water partition coefficient (Wildman–Crippen LogP) is 9.86. The molecule has 1 heterocycles. The van der Waals surface area contributed by atoms with E-state index in [2.05, 4.69) is 155 Å². The number of para-hydroxylation sites is 3. The number of nitrogens with zero attached hydrogens (tertiary/aromatic N) is 1. The third kappa shape index (κ3) is 3.93. The second-order valence-corrected chi connectivity index (χ2v) is 9.53. The van der Waals surface area contributed by atoms with Gasteiger partial charge in [0.25, 0.3) is 0 Å². The first kappa shape index (κ1) is 22.1. The summed E-state index contributed by atoms with van der Waals surface area (Å²) in [7, 11) is 0. The summed E-state index contributed by atoms with van der Waals surface area (Å²) in [5.74, 6) is 0. The third-order valence-corrected chi connectivity index (χ3v) is 7.21. The summed E-state index contributed by atoms with van der Waals surface area (Å²) in [4.78, 5) is 0. The van der Waals surface area contributed by atoms with Gasteiger partial charge in [0.1, 0.15) is 0 Å². The predicted molar refractivity (Wildman–Crippen MR) is 161 cm³/mol. The van der Waals surface area contributed by atoms with Crippen molar-refractivity contribution in [2.75, 3.05) is 5.32 Å². The number of hydrogen-bond acceptors (Lipinski definition) is 1. The van der Waals surface area contributed by atoms with E-state index in [1.807, 2.05) is 6.07 Å². The number of fused-ring (bicyclic) bond motifs is 3. The maximum Gasteiger partial charge on any atom is 0.0541 e. The summed E-state index contributed by atoms with van der Waals surface area (Å²) >= 11 is 0. The van der Waals surface area contributed by atoms with Crippen molar-refractivity contribution in [2.24, 2.45) is 0 Å². The molecular weight excluding hydrogens is 460 g/mol. The van der Waals surface area contributed by atoms with E-state index < -0.39 is 0 Å². The number of rotatable bonds is 5. The Bertz CT molecular complexity index is 1810. The standard InChI is InChI=1S/C36H26N2/c1-2-10-28(11-3-1)31-12-4-7-15-34(31)37-29-22-18-26(19-23-29)27-20-24-30(25-21-27)38-35-16-8-5-13-32(35)33-14-6-9-17-36(33)38/h1-25,37H. The molecule has 0 saturated heterocycles. The van der Waals surface area contributed by atoms with E-state index in [1.54, 1.807) is 0 Å². The highest BCUT2D eigenvalue weighted by Crippen LogP contribution is 2.33. The third-order valence-electron chi connectivity index (χ3n) is 7.21. The molecule has 7 rings (SSSR count). The van der Waals surface area contributed by atoms with Gasteiger partial charge in [0, 0.05) is 33.4 Å². The summed E-state index contributed by atoms with van der Waals surface area (Å²) in [6.45, 7) is 0. The van der Waals surface area contributed by atoms with E-state index in [1.165, 1.54) is 49.7 Å². The molecular formula is C36H26N2. The minimum absolute atomic E-state index is 1.07. The molecule has 0 spiro atoms. The van der Waals surface area contributed by atoms with Crippen LogP contribution in [0.1, 0.15) is 0 Å². The number of anilines is 2. The number of hydrogen-bond donors (Lipinski definition) is 1. The Balaban J connectivity index is 1.17. The molecule has 0 fully saturated rings. The Morgan fingerprint density at radius 2 is 0.921 bits per heavy atom. The Labute approximate surface area is 222 Å². The van der Waals surface area contributed by atoms with Crippen LogP contribution >= 0.6 is 0 Å². The van der Waals surface area contributed by atoms with Crippen molar-refractivity contribution in [1.82, 2.24) is 4.57 Å². The summed E-state index contributed by atoms with van der Waals surface area (Å²) in [6.07, 6.45) is 0. The second kappa shape index (κ2) is 9.42. The van der Waals surface area contributed by atoms with Crippen LogP contribution in [0.3, 0.4) is 0 Å². The van der Waals surface area contributed by atoms with Gasteiger partial charge in [-0.15, -0.1) is 0 Å². The van der Waals surface area contributed by atoms with Crippen LogP contribution in [0.15, 0.2) is 152 Å². The van der Waals surface area contributed by atoms with Crippen molar-refractivity contribution in [3.05, 3.63) is 152 Å². The van der Waals surface area contributed by atoms with Crippen molar-refractivity contribution in [3.63, 3.8) is 0 Å². The lowest BCUT2D eigenvalue weighted by molar-refractivity contribution is 1.18. The first-order chi connectivity index (χ1) is 18.8. The first-order valence-electron chi connectivity index (χ1n) is 13.0. The monoisotopic (exact) mass is 486 g/mol. The van der Waals surface area contributed by atoms with Crippen LogP contribution in [0, 0.1) is 0 Å². The summed E-state index contributed by atoms with van der Waals surface area (Å²) in [5.41, 5.74) is 10.6. The second-order valence-electron chi connectivity index (χ2n) is 9.53. The van der Waals surface area contributed by atoms with E-state index in [0.29, 0.717) is 0 Å². The molecule has 0 amide bonds. The highest BCUT2D eigenvalue weighted by Gasteiger charge is 2.11. The van der Waals surface area contributed by atoms with Gasteiger partial charge in [-0.05, 0) is 59.2 Å². The Hall–Kier alpha value is -5.08. The smallest absolute Gasteiger partial charge is 0.0541 e. The molecule has 2 heteroatoms. The molecule has 6 aromatic carbocycles. The van der Waals surface area contributed by atoms with Gasteiger partial charge in [-0.3, -0.25) is 0 Å². The molecule has 0 saturated carbocycles. The highest BCUT2D eigenvalue weighted by atomic mass is 15.0. The quantitative estimate of drug-likeness (QED) is 0.256. The first-order valence-corrected chi connectivity index (χ1v) is 13.0. The topological polar surface area (TPSA) is 17.0 Å². The van der Waals surface area contributed by atoms with Crippen LogP contribution in [-0.4, -0.2) is 4.57 Å². The van der Waals surface area contributed by atoms with Gasteiger partial charge in [0.15, 0.2) is 0 Å². The number of benzene rings is 6. The summed E-state index contributed by atoms with van der Waals surface area (Å²) in [6, 6.07) is 53.7. The van der Waals surface area contributed by atoms with E-state index in [4.69, 9.17) is 0 Å². The zero-order chi connectivity index (χ0) is 25.3. The van der Waals surface area contributed by atoms with Crippen LogP contribution in [0.5, 0.6) is 0 Å². The maximum atomic E-state index is 3.61. The fourth-order valence-corrected chi connectivity index (χ4v) is 5.37. The molecule has 1 aromatic heterocycles. The van der Waals surface area contributed by atoms with Gasteiger partial charge < -0.3 is 9.88 Å². The van der Waals surface area contributed by atoms with Crippen molar-refractivity contribution in [1.29, 1.82) is 0 Å². The van der Waals surface area contributed by atoms with Crippen molar-refractivity contribution >= 4 is 33.2 Å². The minimum atomic E-state index is 1.07. The van der Waals surface area contributed by atoms with Crippen LogP contribution in [0.4, 0.5) is 11.4 Å². The molecule has 0 bridgehead atoms. The lowest BCUT2D eigenvalue weighted by Gasteiger charge is -2.13. The van der Waals surface area contributed by atoms with Gasteiger partial charge in [-0.1, -0.05) is 109 Å². The van der Waals surface area contributed by atoms with Crippen LogP contribution in [0.25, 0.3) is 49.7 Å². The fraction of sp³-hybridized carbons (Fsp3) is 0. The normalized spacial score (nSPS) is 11.2. The molecule has 2 nitrogen and oxygen atoms in total. The van der Waals surface area contributed by atoms with E-state index in [9.17, 15) is 0 Å². The molecule has 0 aliphatic heterocycles. The number of aromatic nitrogens is 1. The van der Waals surface area contributed by atoms with E-state index in [0.717, 1.165) is 11.4 Å². The van der Waals surface area contributed by atoms with E-state index >= 15 is 0 Å². The zero-order valence-corrected chi connectivity index (χ0v) is 20.9. The Morgan fingerprint density at radius 1 is 0.395 bits per heavy atom. The lowest BCUT2D eigenvalue weighted by Crippen LogP contribution is -1.94. The minimum Gasteiger partial charge on any atom is -0.355 e. The SMILES string of the molecule is c1ccc(-c2ccccc2Nc2ccc(-c3ccc(-n4c5ccccc5c5ccccc54)cc3)cc2)cc1. The molecule has 0 atom stereocenters. The maximum absolute atomic E-state index is 3.61. The Kier molecular flexibility index (Phi) is 5.49. The molecule has 38 heavy (non-hydrogen) atoms. The summed E-state index contributed by atoms with van der Waals surface area (Å²) in [5, 5.41) is 6.17. The zero-order valence-electron chi connectivity index (χ0n) is 20.9. The molecule has 0 aliphatic carbocycles. The van der Waals surface area contributed by atoms with Crippen molar-refractivity contribution in [3.8, 4) is 27.9 Å². The van der Waals surface area contributed by atoms with Gasteiger partial charge in [0.2, 0.25) is 0 Å². The molecule has 0 unspecified atom stereocenters. The molecule has 0 aliphatic rings. The average Bonchev–Trinajstić information content (AvgIpc) is 3.33. The van der Waals surface area contributed by atoms with Crippen molar-refractivity contribution < 1.29 is 0 Å². The molecule has 1 N–H and O–H groups in total. The molecule has 180 valence electrons. The fourth-order valence-electron chi connectivity index (χ4n) is 5.37. The van der Waals surface area contributed by atoms with Gasteiger partial charge >= 0.3 is 0 Å². The summed E-state index contributed by atoms with van der Waals surface area (Å²) < 4.78 is 2.35. The van der Waals surface area contributed by atoms with Gasteiger partial charge in [-0.2, -0.15) is 0 Å². The largest absolute Gasteiger partial charge is 0.355 e. The van der Waals surface area contributed by atoms with Crippen LogP contribution < -0.4 is 5.32 Å². The average molecular weight is 487 g/mol. The molecule has 0 radical (unpaired) electrons. The Morgan fingerprint density at radius 3 is 1.58 bits per heavy atom. The number of nitrogens with one attached hydrogen (secondary N) is 1. The van der Waals surface area contributed by atoms with Crippen molar-refractivity contribution in [2.45, 2.75) is 0 Å².